The fourth-order valence-electron chi connectivity index (χ4n) is 3.14. The standard InChI is InChI=1S/C17H22N2O5/c1-11-10-24-15-8-13(16(20)18-22)2-3-14(15)9-19(11)17(21)12-4-6-23-7-5-12/h2-3,8,11-12,22H,4-7,9-10H2,1H3,(H,18,20). The summed E-state index contributed by atoms with van der Waals surface area (Å²) < 4.78 is 11.1. The van der Waals surface area contributed by atoms with Gasteiger partial charge in [0.15, 0.2) is 0 Å². The summed E-state index contributed by atoms with van der Waals surface area (Å²) in [7, 11) is 0. The lowest BCUT2D eigenvalue weighted by atomic mass is 9.97. The smallest absolute Gasteiger partial charge is 0.274 e. The lowest BCUT2D eigenvalue weighted by Crippen LogP contribution is -2.44. The summed E-state index contributed by atoms with van der Waals surface area (Å²) >= 11 is 0. The molecule has 0 spiro atoms. The van der Waals surface area contributed by atoms with Gasteiger partial charge in [-0.3, -0.25) is 14.8 Å². The van der Waals surface area contributed by atoms with Crippen LogP contribution in [0.15, 0.2) is 18.2 Å². The Hall–Kier alpha value is -2.12. The number of nitrogens with one attached hydrogen (secondary N) is 1. The van der Waals surface area contributed by atoms with Crippen molar-refractivity contribution >= 4 is 11.8 Å². The third kappa shape index (κ3) is 3.37. The van der Waals surface area contributed by atoms with Gasteiger partial charge < -0.3 is 14.4 Å². The third-order valence-electron chi connectivity index (χ3n) is 4.64. The molecule has 1 aromatic rings. The van der Waals surface area contributed by atoms with Gasteiger partial charge in [0, 0.05) is 36.8 Å². The molecule has 0 saturated carbocycles. The Balaban J connectivity index is 1.81. The first-order valence-corrected chi connectivity index (χ1v) is 8.18. The van der Waals surface area contributed by atoms with Crippen molar-refractivity contribution in [1.29, 1.82) is 0 Å². The lowest BCUT2D eigenvalue weighted by Gasteiger charge is -2.32. The van der Waals surface area contributed by atoms with Crippen LogP contribution in [0.4, 0.5) is 0 Å². The molecule has 7 heteroatoms. The fourth-order valence-corrected chi connectivity index (χ4v) is 3.14. The van der Waals surface area contributed by atoms with Crippen LogP contribution in [0.5, 0.6) is 5.75 Å². The van der Waals surface area contributed by atoms with Crippen molar-refractivity contribution < 1.29 is 24.3 Å². The number of rotatable bonds is 2. The van der Waals surface area contributed by atoms with E-state index in [2.05, 4.69) is 0 Å². The number of carbonyl (C=O) groups is 2. The van der Waals surface area contributed by atoms with E-state index in [-0.39, 0.29) is 17.9 Å². The summed E-state index contributed by atoms with van der Waals surface area (Å²) in [4.78, 5) is 26.3. The number of carbonyl (C=O) groups excluding carboxylic acids is 2. The minimum absolute atomic E-state index is 0.00203. The van der Waals surface area contributed by atoms with Crippen LogP contribution in [-0.2, 0) is 16.1 Å². The van der Waals surface area contributed by atoms with Gasteiger partial charge in [0.05, 0.1) is 6.04 Å². The molecule has 0 radical (unpaired) electrons. The molecule has 130 valence electrons. The van der Waals surface area contributed by atoms with E-state index in [1.807, 2.05) is 11.8 Å². The summed E-state index contributed by atoms with van der Waals surface area (Å²) in [6.45, 7) is 4.04. The van der Waals surface area contributed by atoms with Crippen LogP contribution in [0, 0.1) is 5.92 Å². The van der Waals surface area contributed by atoms with Gasteiger partial charge in [0.1, 0.15) is 12.4 Å². The second-order valence-electron chi connectivity index (χ2n) is 6.28. The Morgan fingerprint density at radius 3 is 2.75 bits per heavy atom. The Morgan fingerprint density at radius 2 is 2.04 bits per heavy atom. The topological polar surface area (TPSA) is 88.1 Å². The molecule has 1 unspecified atom stereocenters. The van der Waals surface area contributed by atoms with Crippen molar-refractivity contribution in [2.75, 3.05) is 19.8 Å². The van der Waals surface area contributed by atoms with Gasteiger partial charge >= 0.3 is 0 Å². The summed E-state index contributed by atoms with van der Waals surface area (Å²) in [6, 6.07) is 4.92. The van der Waals surface area contributed by atoms with Crippen LogP contribution in [0.3, 0.4) is 0 Å². The largest absolute Gasteiger partial charge is 0.491 e. The van der Waals surface area contributed by atoms with Crippen LogP contribution in [-0.4, -0.2) is 47.8 Å². The molecule has 1 atom stereocenters. The molecule has 0 aromatic heterocycles. The number of nitrogens with zero attached hydrogens (tertiary/aromatic N) is 1. The van der Waals surface area contributed by atoms with Crippen molar-refractivity contribution in [2.24, 2.45) is 5.92 Å². The van der Waals surface area contributed by atoms with E-state index in [1.54, 1.807) is 23.7 Å². The molecule has 2 N–H and O–H groups in total. The molecule has 2 amide bonds. The van der Waals surface area contributed by atoms with E-state index in [0.29, 0.717) is 37.7 Å². The van der Waals surface area contributed by atoms with Crippen LogP contribution in [0.2, 0.25) is 0 Å². The predicted octanol–water partition coefficient (Wildman–Crippen LogP) is 1.34. The number of hydrogen-bond donors (Lipinski definition) is 2. The van der Waals surface area contributed by atoms with Gasteiger partial charge in [0.2, 0.25) is 5.91 Å². The maximum atomic E-state index is 12.9. The second-order valence-corrected chi connectivity index (χ2v) is 6.28. The summed E-state index contributed by atoms with van der Waals surface area (Å²) in [5, 5.41) is 8.75. The molecular weight excluding hydrogens is 312 g/mol. The van der Waals surface area contributed by atoms with E-state index in [9.17, 15) is 9.59 Å². The number of ether oxygens (including phenoxy) is 2. The van der Waals surface area contributed by atoms with E-state index in [4.69, 9.17) is 14.7 Å². The van der Waals surface area contributed by atoms with E-state index >= 15 is 0 Å². The normalized spacial score (nSPS) is 21.4. The summed E-state index contributed by atoms with van der Waals surface area (Å²) in [6.07, 6.45) is 1.51. The van der Waals surface area contributed by atoms with Gasteiger partial charge in [-0.15, -0.1) is 0 Å². The number of hydroxylamine groups is 1. The Bertz CT molecular complexity index is 627. The molecule has 2 aliphatic rings. The van der Waals surface area contributed by atoms with Crippen molar-refractivity contribution in [3.63, 3.8) is 0 Å². The Morgan fingerprint density at radius 1 is 1.29 bits per heavy atom. The molecule has 0 bridgehead atoms. The van der Waals surface area contributed by atoms with Gasteiger partial charge in [-0.05, 0) is 31.9 Å². The number of fused-ring (bicyclic) bond motifs is 1. The van der Waals surface area contributed by atoms with Crippen molar-refractivity contribution in [3.05, 3.63) is 29.3 Å². The zero-order valence-corrected chi connectivity index (χ0v) is 13.7. The molecule has 3 rings (SSSR count). The zero-order chi connectivity index (χ0) is 17.1. The van der Waals surface area contributed by atoms with Crippen LogP contribution < -0.4 is 10.2 Å². The summed E-state index contributed by atoms with van der Waals surface area (Å²) in [5.41, 5.74) is 2.78. The maximum absolute atomic E-state index is 12.9. The van der Waals surface area contributed by atoms with Crippen LogP contribution >= 0.6 is 0 Å². The maximum Gasteiger partial charge on any atom is 0.274 e. The van der Waals surface area contributed by atoms with Crippen LogP contribution in [0.1, 0.15) is 35.7 Å². The monoisotopic (exact) mass is 334 g/mol. The quantitative estimate of drug-likeness (QED) is 0.629. The molecule has 7 nitrogen and oxygen atoms in total. The lowest BCUT2D eigenvalue weighted by molar-refractivity contribution is -0.141. The third-order valence-corrected chi connectivity index (χ3v) is 4.64. The predicted molar refractivity (Wildman–Crippen MR) is 84.7 cm³/mol. The Kier molecular flexibility index (Phi) is 5.01. The number of benzene rings is 1. The average Bonchev–Trinajstić information content (AvgIpc) is 2.80. The van der Waals surface area contributed by atoms with E-state index in [1.165, 1.54) is 0 Å². The fraction of sp³-hybridized carbons (Fsp3) is 0.529. The number of hydrogen-bond acceptors (Lipinski definition) is 5. The summed E-state index contributed by atoms with van der Waals surface area (Å²) in [5.74, 6) is 0.126. The highest BCUT2D eigenvalue weighted by molar-refractivity contribution is 5.93. The molecule has 2 heterocycles. The second kappa shape index (κ2) is 7.19. The molecular formula is C17H22N2O5. The molecule has 0 aliphatic carbocycles. The highest BCUT2D eigenvalue weighted by atomic mass is 16.5. The van der Waals surface area contributed by atoms with Gasteiger partial charge in [-0.2, -0.15) is 0 Å². The van der Waals surface area contributed by atoms with Crippen molar-refractivity contribution in [3.8, 4) is 5.75 Å². The molecule has 1 aromatic carbocycles. The minimum Gasteiger partial charge on any atom is -0.491 e. The van der Waals surface area contributed by atoms with E-state index < -0.39 is 5.91 Å². The minimum atomic E-state index is -0.589. The number of amides is 2. The zero-order valence-electron chi connectivity index (χ0n) is 13.7. The highest BCUT2D eigenvalue weighted by Crippen LogP contribution is 2.29. The first-order valence-electron chi connectivity index (χ1n) is 8.18. The van der Waals surface area contributed by atoms with Crippen molar-refractivity contribution in [1.82, 2.24) is 10.4 Å². The van der Waals surface area contributed by atoms with Gasteiger partial charge in [0.25, 0.3) is 5.91 Å². The molecule has 1 saturated heterocycles. The molecule has 1 fully saturated rings. The molecule has 24 heavy (non-hydrogen) atoms. The van der Waals surface area contributed by atoms with E-state index in [0.717, 1.165) is 18.4 Å². The molecule has 2 aliphatic heterocycles. The first-order chi connectivity index (χ1) is 11.6. The van der Waals surface area contributed by atoms with Gasteiger partial charge in [-0.25, -0.2) is 5.48 Å². The van der Waals surface area contributed by atoms with Crippen molar-refractivity contribution in [2.45, 2.75) is 32.4 Å². The van der Waals surface area contributed by atoms with Crippen LogP contribution in [0.25, 0.3) is 0 Å². The average molecular weight is 334 g/mol. The first kappa shape index (κ1) is 16.7. The highest BCUT2D eigenvalue weighted by Gasteiger charge is 2.31. The Labute approximate surface area is 140 Å². The SMILES string of the molecule is CC1COc2cc(C(=O)NO)ccc2CN1C(=O)C1CCOCC1. The van der Waals surface area contributed by atoms with Gasteiger partial charge in [-0.1, -0.05) is 6.07 Å².